The number of benzene rings is 1. The highest BCUT2D eigenvalue weighted by Crippen LogP contribution is 2.13. The lowest BCUT2D eigenvalue weighted by Gasteiger charge is -2.08. The van der Waals surface area contributed by atoms with Crippen molar-refractivity contribution in [2.45, 2.75) is 26.2 Å². The predicted octanol–water partition coefficient (Wildman–Crippen LogP) is 3.79. The molecular formula is C16H21N3O. The van der Waals surface area contributed by atoms with Gasteiger partial charge < -0.3 is 15.2 Å². The molecule has 4 heteroatoms. The van der Waals surface area contributed by atoms with Gasteiger partial charge in [-0.05, 0) is 42.8 Å². The van der Waals surface area contributed by atoms with Crippen LogP contribution in [0.1, 0.15) is 26.2 Å². The average molecular weight is 271 g/mol. The van der Waals surface area contributed by atoms with Crippen molar-refractivity contribution >= 4 is 11.7 Å². The summed E-state index contributed by atoms with van der Waals surface area (Å²) in [5.41, 5.74) is 1.87. The predicted molar refractivity (Wildman–Crippen MR) is 82.3 cm³/mol. The molecule has 1 aromatic heterocycles. The fourth-order valence-electron chi connectivity index (χ4n) is 1.98. The van der Waals surface area contributed by atoms with Crippen LogP contribution in [0.2, 0.25) is 0 Å². The van der Waals surface area contributed by atoms with Crippen molar-refractivity contribution in [2.75, 3.05) is 11.9 Å². The molecule has 106 valence electrons. The summed E-state index contributed by atoms with van der Waals surface area (Å²) in [4.78, 5) is 11.7. The van der Waals surface area contributed by atoms with Crippen LogP contribution < -0.4 is 10.6 Å². The number of rotatable bonds is 6. The molecule has 0 saturated heterocycles. The second-order valence-electron chi connectivity index (χ2n) is 4.73. The lowest BCUT2D eigenvalue weighted by Crippen LogP contribution is -2.29. The molecule has 1 heterocycles. The Kier molecular flexibility index (Phi) is 5.24. The van der Waals surface area contributed by atoms with Crippen LogP contribution >= 0.6 is 0 Å². The zero-order chi connectivity index (χ0) is 14.2. The first kappa shape index (κ1) is 14.2. The van der Waals surface area contributed by atoms with E-state index in [4.69, 9.17) is 0 Å². The van der Waals surface area contributed by atoms with Crippen LogP contribution in [0.15, 0.2) is 48.8 Å². The fourth-order valence-corrected chi connectivity index (χ4v) is 1.98. The van der Waals surface area contributed by atoms with Crippen molar-refractivity contribution < 1.29 is 4.79 Å². The normalized spacial score (nSPS) is 10.2. The van der Waals surface area contributed by atoms with Crippen molar-refractivity contribution in [3.63, 3.8) is 0 Å². The van der Waals surface area contributed by atoms with E-state index in [0.29, 0.717) is 0 Å². The topological polar surface area (TPSA) is 46.1 Å². The van der Waals surface area contributed by atoms with E-state index in [9.17, 15) is 4.79 Å². The zero-order valence-electron chi connectivity index (χ0n) is 11.8. The molecular weight excluding hydrogens is 250 g/mol. The van der Waals surface area contributed by atoms with E-state index in [1.165, 1.54) is 0 Å². The maximum absolute atomic E-state index is 11.7. The van der Waals surface area contributed by atoms with E-state index < -0.39 is 0 Å². The van der Waals surface area contributed by atoms with E-state index in [1.54, 1.807) is 0 Å². The highest BCUT2D eigenvalue weighted by atomic mass is 16.2. The van der Waals surface area contributed by atoms with Gasteiger partial charge >= 0.3 is 6.03 Å². The van der Waals surface area contributed by atoms with E-state index in [0.717, 1.165) is 37.2 Å². The monoisotopic (exact) mass is 271 g/mol. The Morgan fingerprint density at radius 1 is 1.10 bits per heavy atom. The van der Waals surface area contributed by atoms with Gasteiger partial charge in [0.2, 0.25) is 0 Å². The molecule has 0 aliphatic heterocycles. The van der Waals surface area contributed by atoms with Crippen LogP contribution in [-0.4, -0.2) is 17.1 Å². The highest BCUT2D eigenvalue weighted by molar-refractivity contribution is 5.89. The number of nitrogens with zero attached hydrogens (tertiary/aromatic N) is 1. The quantitative estimate of drug-likeness (QED) is 0.771. The third-order valence-electron chi connectivity index (χ3n) is 3.09. The van der Waals surface area contributed by atoms with Crippen LogP contribution in [0.4, 0.5) is 10.5 Å². The molecule has 0 radical (unpaired) electrons. The molecule has 20 heavy (non-hydrogen) atoms. The first-order valence-electron chi connectivity index (χ1n) is 7.08. The third-order valence-corrected chi connectivity index (χ3v) is 3.09. The van der Waals surface area contributed by atoms with Gasteiger partial charge in [-0.15, -0.1) is 0 Å². The molecule has 0 unspecified atom stereocenters. The minimum absolute atomic E-state index is 0.144. The summed E-state index contributed by atoms with van der Waals surface area (Å²) in [5.74, 6) is 0. The van der Waals surface area contributed by atoms with Crippen molar-refractivity contribution in [2.24, 2.45) is 0 Å². The first-order valence-corrected chi connectivity index (χ1v) is 7.08. The highest BCUT2D eigenvalue weighted by Gasteiger charge is 2.01. The summed E-state index contributed by atoms with van der Waals surface area (Å²) in [6.45, 7) is 2.87. The van der Waals surface area contributed by atoms with Gasteiger partial charge in [0, 0.05) is 30.3 Å². The lowest BCUT2D eigenvalue weighted by atomic mass is 10.2. The molecule has 0 aliphatic carbocycles. The summed E-state index contributed by atoms with van der Waals surface area (Å²) in [5, 5.41) is 5.68. The minimum atomic E-state index is -0.144. The number of anilines is 1. The number of carbonyl (C=O) groups excluding carboxylic acids is 1. The van der Waals surface area contributed by atoms with E-state index in [-0.39, 0.29) is 6.03 Å². The van der Waals surface area contributed by atoms with Gasteiger partial charge in [0.05, 0.1) is 0 Å². The van der Waals surface area contributed by atoms with Crippen LogP contribution in [0, 0.1) is 0 Å². The molecule has 2 N–H and O–H groups in total. The SMILES string of the molecule is CCCCCNC(=O)Nc1ccc(-n2cccc2)cc1. The number of amides is 2. The number of carbonyl (C=O) groups is 1. The first-order chi connectivity index (χ1) is 9.79. The lowest BCUT2D eigenvalue weighted by molar-refractivity contribution is 0.252. The van der Waals surface area contributed by atoms with E-state index >= 15 is 0 Å². The maximum Gasteiger partial charge on any atom is 0.319 e. The van der Waals surface area contributed by atoms with Crippen LogP contribution in [0.5, 0.6) is 0 Å². The summed E-state index contributed by atoms with van der Waals surface area (Å²) < 4.78 is 2.02. The molecule has 2 amide bonds. The van der Waals surface area contributed by atoms with Gasteiger partial charge in [-0.3, -0.25) is 0 Å². The van der Waals surface area contributed by atoms with Crippen molar-refractivity contribution in [1.29, 1.82) is 0 Å². The van der Waals surface area contributed by atoms with Gasteiger partial charge in [-0.25, -0.2) is 4.79 Å². The van der Waals surface area contributed by atoms with Gasteiger partial charge in [-0.1, -0.05) is 19.8 Å². The average Bonchev–Trinajstić information content (AvgIpc) is 2.99. The molecule has 0 atom stereocenters. The number of unbranched alkanes of at least 4 members (excludes halogenated alkanes) is 2. The number of aromatic nitrogens is 1. The Labute approximate surface area is 119 Å². The Balaban J connectivity index is 1.83. The summed E-state index contributed by atoms with van der Waals surface area (Å²) in [6.07, 6.45) is 7.30. The minimum Gasteiger partial charge on any atom is -0.338 e. The summed E-state index contributed by atoms with van der Waals surface area (Å²) >= 11 is 0. The standard InChI is InChI=1S/C16H21N3O/c1-2-3-4-11-17-16(20)18-14-7-9-15(10-8-14)19-12-5-6-13-19/h5-10,12-13H,2-4,11H2,1H3,(H2,17,18,20). The second-order valence-corrected chi connectivity index (χ2v) is 4.73. The van der Waals surface area contributed by atoms with Crippen LogP contribution in [0.25, 0.3) is 5.69 Å². The molecule has 1 aromatic carbocycles. The molecule has 2 rings (SSSR count). The Morgan fingerprint density at radius 3 is 2.45 bits per heavy atom. The maximum atomic E-state index is 11.7. The molecule has 0 fully saturated rings. The number of hydrogen-bond acceptors (Lipinski definition) is 1. The Hall–Kier alpha value is -2.23. The zero-order valence-corrected chi connectivity index (χ0v) is 11.8. The second kappa shape index (κ2) is 7.38. The summed E-state index contributed by atoms with van der Waals surface area (Å²) in [6, 6.07) is 11.6. The molecule has 0 saturated carbocycles. The van der Waals surface area contributed by atoms with Crippen molar-refractivity contribution in [1.82, 2.24) is 9.88 Å². The van der Waals surface area contributed by atoms with E-state index in [2.05, 4.69) is 17.6 Å². The molecule has 2 aromatic rings. The fraction of sp³-hybridized carbons (Fsp3) is 0.312. The van der Waals surface area contributed by atoms with Gasteiger partial charge in [0.1, 0.15) is 0 Å². The van der Waals surface area contributed by atoms with Crippen molar-refractivity contribution in [3.05, 3.63) is 48.8 Å². The molecule has 0 spiro atoms. The van der Waals surface area contributed by atoms with Gasteiger partial charge in [0.25, 0.3) is 0 Å². The van der Waals surface area contributed by atoms with Crippen molar-refractivity contribution in [3.8, 4) is 5.69 Å². The molecule has 0 aliphatic rings. The van der Waals surface area contributed by atoms with Crippen LogP contribution in [-0.2, 0) is 0 Å². The third kappa shape index (κ3) is 4.16. The van der Waals surface area contributed by atoms with Crippen LogP contribution in [0.3, 0.4) is 0 Å². The van der Waals surface area contributed by atoms with Gasteiger partial charge in [-0.2, -0.15) is 0 Å². The summed E-state index contributed by atoms with van der Waals surface area (Å²) in [7, 11) is 0. The van der Waals surface area contributed by atoms with Gasteiger partial charge in [0.15, 0.2) is 0 Å². The largest absolute Gasteiger partial charge is 0.338 e. The number of urea groups is 1. The Bertz CT molecular complexity index is 517. The number of nitrogens with one attached hydrogen (secondary N) is 2. The number of hydrogen-bond donors (Lipinski definition) is 2. The molecule has 4 nitrogen and oxygen atoms in total. The smallest absolute Gasteiger partial charge is 0.319 e. The Morgan fingerprint density at radius 2 is 1.80 bits per heavy atom. The van der Waals surface area contributed by atoms with E-state index in [1.807, 2.05) is 53.4 Å². The molecule has 0 bridgehead atoms.